The summed E-state index contributed by atoms with van der Waals surface area (Å²) >= 11 is 1.27. The molecule has 1 aliphatic carbocycles. The first kappa shape index (κ1) is 13.4. The number of hydrogen-bond acceptors (Lipinski definition) is 4. The number of pyridine rings is 1. The molecule has 1 saturated carbocycles. The van der Waals surface area contributed by atoms with E-state index in [0.29, 0.717) is 5.41 Å². The third-order valence-corrected chi connectivity index (χ3v) is 4.73. The summed E-state index contributed by atoms with van der Waals surface area (Å²) in [7, 11) is 0. The molecule has 1 aliphatic rings. The molecule has 0 aromatic carbocycles. The molecule has 0 radical (unpaired) electrons. The first-order valence-electron chi connectivity index (χ1n) is 6.65. The Bertz CT molecular complexity index is 676. The summed E-state index contributed by atoms with van der Waals surface area (Å²) in [5.74, 6) is -0.796. The van der Waals surface area contributed by atoms with Crippen LogP contribution in [-0.2, 0) is 11.3 Å². The fraction of sp³-hybridized carbons (Fsp3) is 0.500. The number of aryl methyl sites for hydroxylation is 1. The van der Waals surface area contributed by atoms with Gasteiger partial charge in [-0.3, -0.25) is 4.79 Å². The van der Waals surface area contributed by atoms with E-state index in [-0.39, 0.29) is 5.75 Å². The number of hydrogen-bond donors (Lipinski definition) is 1. The van der Waals surface area contributed by atoms with Gasteiger partial charge in [0.2, 0.25) is 0 Å². The van der Waals surface area contributed by atoms with Gasteiger partial charge in [-0.2, -0.15) is 0 Å². The lowest BCUT2D eigenvalue weighted by atomic mass is 10.1. The minimum absolute atomic E-state index is 0.0269. The van der Waals surface area contributed by atoms with Crippen LogP contribution in [0.1, 0.15) is 25.3 Å². The molecule has 0 unspecified atom stereocenters. The number of thioether (sulfide) groups is 1. The minimum Gasteiger partial charge on any atom is -0.481 e. The largest absolute Gasteiger partial charge is 0.481 e. The van der Waals surface area contributed by atoms with Crippen molar-refractivity contribution in [1.82, 2.24) is 14.5 Å². The van der Waals surface area contributed by atoms with Crippen LogP contribution in [0, 0.1) is 12.3 Å². The molecule has 2 aromatic rings. The van der Waals surface area contributed by atoms with Crippen LogP contribution in [-0.4, -0.2) is 31.4 Å². The van der Waals surface area contributed by atoms with E-state index in [4.69, 9.17) is 5.11 Å². The molecular weight excluding hydrogens is 274 g/mol. The fourth-order valence-electron chi connectivity index (χ4n) is 2.25. The molecule has 2 heterocycles. The van der Waals surface area contributed by atoms with Crippen molar-refractivity contribution in [2.24, 2.45) is 5.41 Å². The molecule has 6 heteroatoms. The normalized spacial score (nSPS) is 16.5. The van der Waals surface area contributed by atoms with Crippen LogP contribution in [0.2, 0.25) is 0 Å². The Kier molecular flexibility index (Phi) is 3.20. The highest BCUT2D eigenvalue weighted by atomic mass is 32.2. The van der Waals surface area contributed by atoms with Crippen LogP contribution < -0.4 is 0 Å². The molecule has 0 amide bonds. The Labute approximate surface area is 121 Å². The molecule has 0 aliphatic heterocycles. The van der Waals surface area contributed by atoms with Crippen LogP contribution in [0.25, 0.3) is 11.2 Å². The summed E-state index contributed by atoms with van der Waals surface area (Å²) in [4.78, 5) is 19.8. The molecule has 0 atom stereocenters. The van der Waals surface area contributed by atoms with E-state index < -0.39 is 5.97 Å². The second-order valence-electron chi connectivity index (χ2n) is 5.77. The first-order valence-corrected chi connectivity index (χ1v) is 7.63. The highest BCUT2D eigenvalue weighted by Gasteiger charge is 2.38. The number of aromatic nitrogens is 3. The van der Waals surface area contributed by atoms with Crippen molar-refractivity contribution in [3.05, 3.63) is 17.8 Å². The van der Waals surface area contributed by atoms with Gasteiger partial charge in [-0.05, 0) is 36.8 Å². The summed E-state index contributed by atoms with van der Waals surface area (Å²) < 4.78 is 2.09. The zero-order valence-electron chi connectivity index (χ0n) is 11.6. The Hall–Kier alpha value is -1.56. The molecule has 106 valence electrons. The molecule has 1 N–H and O–H groups in total. The van der Waals surface area contributed by atoms with E-state index in [9.17, 15) is 4.79 Å². The van der Waals surface area contributed by atoms with Gasteiger partial charge in [0, 0.05) is 12.7 Å². The van der Waals surface area contributed by atoms with E-state index in [1.165, 1.54) is 24.6 Å². The lowest BCUT2D eigenvalue weighted by Crippen LogP contribution is -2.10. The number of fused-ring (bicyclic) bond motifs is 1. The highest BCUT2D eigenvalue weighted by Crippen LogP contribution is 2.47. The summed E-state index contributed by atoms with van der Waals surface area (Å²) in [6, 6.07) is 1.93. The Morgan fingerprint density at radius 1 is 1.55 bits per heavy atom. The lowest BCUT2D eigenvalue weighted by molar-refractivity contribution is -0.133. The standard InChI is InChI=1S/C14H17N3O2S/c1-9-3-6-15-12-11(9)16-13(20-7-10(18)19)17(12)8-14(2)4-5-14/h3,6H,4-5,7-8H2,1-2H3,(H,18,19). The van der Waals surface area contributed by atoms with Crippen molar-refractivity contribution in [2.75, 3.05) is 5.75 Å². The lowest BCUT2D eigenvalue weighted by Gasteiger charge is -2.12. The average Bonchev–Trinajstić information content (AvgIpc) is 3.01. The molecule has 2 aromatic heterocycles. The average molecular weight is 291 g/mol. The number of carbonyl (C=O) groups is 1. The van der Waals surface area contributed by atoms with Gasteiger partial charge in [-0.25, -0.2) is 9.97 Å². The summed E-state index contributed by atoms with van der Waals surface area (Å²) in [6.45, 7) is 5.12. The number of nitrogens with zero attached hydrogens (tertiary/aromatic N) is 3. The maximum absolute atomic E-state index is 10.8. The molecule has 0 saturated heterocycles. The Morgan fingerprint density at radius 3 is 2.95 bits per heavy atom. The zero-order valence-corrected chi connectivity index (χ0v) is 12.4. The highest BCUT2D eigenvalue weighted by molar-refractivity contribution is 7.99. The maximum Gasteiger partial charge on any atom is 0.313 e. The SMILES string of the molecule is Cc1ccnc2c1nc(SCC(=O)O)n2CC1(C)CC1. The molecular formula is C14H17N3O2S. The molecule has 0 spiro atoms. The van der Waals surface area contributed by atoms with Gasteiger partial charge in [0.25, 0.3) is 0 Å². The number of carboxylic acid groups (broad SMARTS) is 1. The van der Waals surface area contributed by atoms with Gasteiger partial charge in [0.1, 0.15) is 5.52 Å². The van der Waals surface area contributed by atoms with Crippen LogP contribution in [0.15, 0.2) is 17.4 Å². The number of rotatable bonds is 5. The van der Waals surface area contributed by atoms with Gasteiger partial charge in [0.15, 0.2) is 10.8 Å². The van der Waals surface area contributed by atoms with Crippen molar-refractivity contribution in [2.45, 2.75) is 38.4 Å². The maximum atomic E-state index is 10.8. The molecule has 0 bridgehead atoms. The van der Waals surface area contributed by atoms with Crippen molar-refractivity contribution >= 4 is 28.9 Å². The van der Waals surface area contributed by atoms with Crippen LogP contribution >= 0.6 is 11.8 Å². The van der Waals surface area contributed by atoms with E-state index in [0.717, 1.165) is 28.4 Å². The number of imidazole rings is 1. The van der Waals surface area contributed by atoms with E-state index in [2.05, 4.69) is 21.5 Å². The third-order valence-electron chi connectivity index (χ3n) is 3.77. The van der Waals surface area contributed by atoms with Crippen molar-refractivity contribution in [3.63, 3.8) is 0 Å². The monoisotopic (exact) mass is 291 g/mol. The van der Waals surface area contributed by atoms with Gasteiger partial charge >= 0.3 is 5.97 Å². The van der Waals surface area contributed by atoms with Crippen molar-refractivity contribution < 1.29 is 9.90 Å². The van der Waals surface area contributed by atoms with Crippen LogP contribution in [0.4, 0.5) is 0 Å². The molecule has 1 fully saturated rings. The van der Waals surface area contributed by atoms with E-state index >= 15 is 0 Å². The molecule has 5 nitrogen and oxygen atoms in total. The van der Waals surface area contributed by atoms with Crippen LogP contribution in [0.3, 0.4) is 0 Å². The summed E-state index contributed by atoms with van der Waals surface area (Å²) in [6.07, 6.45) is 4.21. The fourth-order valence-corrected chi connectivity index (χ4v) is 2.97. The Balaban J connectivity index is 2.03. The van der Waals surface area contributed by atoms with E-state index in [1.54, 1.807) is 6.20 Å². The van der Waals surface area contributed by atoms with Gasteiger partial charge in [-0.15, -0.1) is 0 Å². The predicted octanol–water partition coefficient (Wildman–Crippen LogP) is 2.72. The third kappa shape index (κ3) is 2.52. The molecule has 20 heavy (non-hydrogen) atoms. The smallest absolute Gasteiger partial charge is 0.313 e. The zero-order chi connectivity index (χ0) is 14.3. The second kappa shape index (κ2) is 4.77. The number of carboxylic acids is 1. The summed E-state index contributed by atoms with van der Waals surface area (Å²) in [5, 5.41) is 9.63. The van der Waals surface area contributed by atoms with Crippen LogP contribution in [0.5, 0.6) is 0 Å². The van der Waals surface area contributed by atoms with Gasteiger partial charge < -0.3 is 9.67 Å². The van der Waals surface area contributed by atoms with E-state index in [1.807, 2.05) is 13.0 Å². The predicted molar refractivity (Wildman–Crippen MR) is 78.0 cm³/mol. The quantitative estimate of drug-likeness (QED) is 0.858. The summed E-state index contributed by atoms with van der Waals surface area (Å²) in [5.41, 5.74) is 3.14. The van der Waals surface area contributed by atoms with Crippen molar-refractivity contribution in [1.29, 1.82) is 0 Å². The van der Waals surface area contributed by atoms with Gasteiger partial charge in [-0.1, -0.05) is 18.7 Å². The minimum atomic E-state index is -0.823. The second-order valence-corrected chi connectivity index (χ2v) is 6.72. The number of aliphatic carboxylic acids is 1. The first-order chi connectivity index (χ1) is 9.48. The molecule has 3 rings (SSSR count). The van der Waals surface area contributed by atoms with Crippen molar-refractivity contribution in [3.8, 4) is 0 Å². The topological polar surface area (TPSA) is 68.0 Å². The Morgan fingerprint density at radius 2 is 2.30 bits per heavy atom. The van der Waals surface area contributed by atoms with Gasteiger partial charge in [0.05, 0.1) is 5.75 Å².